The van der Waals surface area contributed by atoms with Crippen molar-refractivity contribution in [1.82, 2.24) is 0 Å². The van der Waals surface area contributed by atoms with Crippen LogP contribution in [-0.2, 0) is 14.2 Å². The third-order valence-electron chi connectivity index (χ3n) is 6.07. The number of ether oxygens (including phenoxy) is 3. The smallest absolute Gasteiger partial charge is 0.196 e. The fourth-order valence-corrected chi connectivity index (χ4v) is 4.28. The van der Waals surface area contributed by atoms with Gasteiger partial charge in [0.2, 0.25) is 0 Å². The number of halogens is 2. The maximum absolute atomic E-state index is 14.1. The monoisotopic (exact) mass is 412 g/mol. The topological polar surface area (TPSA) is 27.7 Å². The number of allylic oxidation sites excluding steroid dienone is 3. The minimum Gasteiger partial charge on any atom is -0.498 e. The van der Waals surface area contributed by atoms with Crippen LogP contribution in [-0.4, -0.2) is 32.5 Å². The molecule has 5 heteroatoms. The Kier molecular flexibility index (Phi) is 10.4. The van der Waals surface area contributed by atoms with Crippen LogP contribution in [0, 0.1) is 11.8 Å². The van der Waals surface area contributed by atoms with Crippen molar-refractivity contribution in [2.45, 2.75) is 83.8 Å². The van der Waals surface area contributed by atoms with Crippen LogP contribution < -0.4 is 0 Å². The van der Waals surface area contributed by atoms with Gasteiger partial charge in [0.05, 0.1) is 32.5 Å². The Hall–Kier alpha value is -1.20. The van der Waals surface area contributed by atoms with E-state index in [-0.39, 0.29) is 18.5 Å². The molecule has 2 unspecified atom stereocenters. The second-order valence-electron chi connectivity index (χ2n) is 8.36. The van der Waals surface area contributed by atoms with Gasteiger partial charge in [-0.3, -0.25) is 0 Å². The summed E-state index contributed by atoms with van der Waals surface area (Å²) in [6.07, 6.45) is 11.0. The van der Waals surface area contributed by atoms with E-state index >= 15 is 0 Å². The van der Waals surface area contributed by atoms with E-state index in [4.69, 9.17) is 14.2 Å². The van der Waals surface area contributed by atoms with E-state index in [2.05, 4.69) is 20.4 Å². The van der Waals surface area contributed by atoms with Crippen molar-refractivity contribution in [3.8, 4) is 0 Å². The molecule has 3 rings (SSSR count). The van der Waals surface area contributed by atoms with Gasteiger partial charge < -0.3 is 14.2 Å². The van der Waals surface area contributed by atoms with E-state index in [9.17, 15) is 8.78 Å². The molecule has 0 spiro atoms. The molecule has 0 bridgehead atoms. The van der Waals surface area contributed by atoms with Gasteiger partial charge in [0.15, 0.2) is 11.7 Å². The molecule has 2 aliphatic carbocycles. The first-order chi connectivity index (χ1) is 14.0. The highest BCUT2D eigenvalue weighted by Gasteiger charge is 2.32. The number of hydrogen-bond acceptors (Lipinski definition) is 3. The summed E-state index contributed by atoms with van der Waals surface area (Å²) in [6.45, 7) is 9.06. The molecule has 3 aliphatic rings. The van der Waals surface area contributed by atoms with Crippen molar-refractivity contribution in [3.63, 3.8) is 0 Å². The Morgan fingerprint density at radius 3 is 2.28 bits per heavy atom. The standard InChI is InChI=1S/C21H30F2O3.C3H8/c1-3-14-4-10-18(26-12-14)15-5-8-17(9-6-15)25-13-16-7-11-19(24-2)21(23)20(16)22;1-3-2/h3,14-15,17-18H,1,4-13H2,2H3;3H2,1-2H3. The maximum Gasteiger partial charge on any atom is 0.196 e. The van der Waals surface area contributed by atoms with Gasteiger partial charge in [0, 0.05) is 12.3 Å². The van der Waals surface area contributed by atoms with E-state index in [0.717, 1.165) is 38.7 Å². The van der Waals surface area contributed by atoms with Crippen LogP contribution in [0.2, 0.25) is 0 Å². The van der Waals surface area contributed by atoms with Crippen LogP contribution in [0.5, 0.6) is 0 Å². The second kappa shape index (κ2) is 12.5. The highest BCUT2D eigenvalue weighted by Crippen LogP contribution is 2.36. The summed E-state index contributed by atoms with van der Waals surface area (Å²) >= 11 is 0. The van der Waals surface area contributed by atoms with Gasteiger partial charge in [0.25, 0.3) is 0 Å². The van der Waals surface area contributed by atoms with Crippen molar-refractivity contribution in [2.75, 3.05) is 20.3 Å². The van der Waals surface area contributed by atoms with Gasteiger partial charge >= 0.3 is 0 Å². The van der Waals surface area contributed by atoms with Gasteiger partial charge in [0.1, 0.15) is 5.76 Å². The Balaban J connectivity index is 0.000000941. The van der Waals surface area contributed by atoms with Crippen LogP contribution in [0.25, 0.3) is 0 Å². The first kappa shape index (κ1) is 24.1. The normalized spacial score (nSPS) is 30.5. The summed E-state index contributed by atoms with van der Waals surface area (Å²) in [4.78, 5) is 0. The first-order valence-corrected chi connectivity index (χ1v) is 11.2. The van der Waals surface area contributed by atoms with Crippen LogP contribution in [0.4, 0.5) is 8.78 Å². The zero-order chi connectivity index (χ0) is 21.2. The van der Waals surface area contributed by atoms with E-state index in [0.29, 0.717) is 36.4 Å². The summed E-state index contributed by atoms with van der Waals surface area (Å²) in [5.41, 5.74) is 0.413. The SMILES string of the molecule is C=CC1CCC(C2CCC(OCC3=C(F)C(F)=C(OC)CC3)CC2)OC1.CCC. The Morgan fingerprint density at radius 1 is 1.03 bits per heavy atom. The molecule has 0 aromatic heterocycles. The molecule has 0 aromatic carbocycles. The molecule has 1 heterocycles. The lowest BCUT2D eigenvalue weighted by Gasteiger charge is -2.37. The van der Waals surface area contributed by atoms with Crippen LogP contribution in [0.3, 0.4) is 0 Å². The summed E-state index contributed by atoms with van der Waals surface area (Å²) in [7, 11) is 1.37. The molecule has 2 atom stereocenters. The third-order valence-corrected chi connectivity index (χ3v) is 6.07. The predicted molar refractivity (Wildman–Crippen MR) is 113 cm³/mol. The van der Waals surface area contributed by atoms with Gasteiger partial charge in [-0.15, -0.1) is 6.58 Å². The van der Waals surface area contributed by atoms with Crippen molar-refractivity contribution >= 4 is 0 Å². The molecule has 0 N–H and O–H groups in total. The molecular formula is C24H38F2O3. The fourth-order valence-electron chi connectivity index (χ4n) is 4.28. The van der Waals surface area contributed by atoms with Crippen molar-refractivity contribution in [2.24, 2.45) is 11.8 Å². The lowest BCUT2D eigenvalue weighted by atomic mass is 9.80. The molecule has 0 amide bonds. The lowest BCUT2D eigenvalue weighted by molar-refractivity contribution is -0.0611. The van der Waals surface area contributed by atoms with Gasteiger partial charge in [-0.05, 0) is 56.4 Å². The number of rotatable bonds is 6. The molecular weight excluding hydrogens is 374 g/mol. The average molecular weight is 413 g/mol. The van der Waals surface area contributed by atoms with Crippen molar-refractivity contribution in [3.05, 3.63) is 35.6 Å². The van der Waals surface area contributed by atoms with Crippen LogP contribution >= 0.6 is 0 Å². The molecule has 0 aromatic rings. The first-order valence-electron chi connectivity index (χ1n) is 11.2. The van der Waals surface area contributed by atoms with E-state index in [1.807, 2.05) is 6.08 Å². The molecule has 3 nitrogen and oxygen atoms in total. The van der Waals surface area contributed by atoms with Crippen LogP contribution in [0.1, 0.15) is 71.6 Å². The zero-order valence-corrected chi connectivity index (χ0v) is 18.4. The zero-order valence-electron chi connectivity index (χ0n) is 18.4. The van der Waals surface area contributed by atoms with Gasteiger partial charge in [-0.2, -0.15) is 0 Å². The highest BCUT2D eigenvalue weighted by molar-refractivity contribution is 5.32. The predicted octanol–water partition coefficient (Wildman–Crippen LogP) is 6.80. The molecule has 29 heavy (non-hydrogen) atoms. The summed E-state index contributed by atoms with van der Waals surface area (Å²) in [5, 5.41) is 0. The molecule has 166 valence electrons. The Labute approximate surface area is 175 Å². The second-order valence-corrected chi connectivity index (χ2v) is 8.36. The van der Waals surface area contributed by atoms with Gasteiger partial charge in [-0.1, -0.05) is 26.3 Å². The third kappa shape index (κ3) is 6.92. The summed E-state index contributed by atoms with van der Waals surface area (Å²) < 4.78 is 44.7. The van der Waals surface area contributed by atoms with Crippen molar-refractivity contribution < 1.29 is 23.0 Å². The largest absolute Gasteiger partial charge is 0.498 e. The van der Waals surface area contributed by atoms with Crippen LogP contribution in [0.15, 0.2) is 35.6 Å². The lowest BCUT2D eigenvalue weighted by Crippen LogP contribution is -2.35. The van der Waals surface area contributed by atoms with Gasteiger partial charge in [-0.25, -0.2) is 8.78 Å². The number of methoxy groups -OCH3 is 1. The fraction of sp³-hybridized carbons (Fsp3) is 0.750. The number of hydrogen-bond donors (Lipinski definition) is 0. The maximum atomic E-state index is 14.1. The molecule has 1 aliphatic heterocycles. The minimum atomic E-state index is -0.867. The van der Waals surface area contributed by atoms with E-state index in [1.54, 1.807) is 0 Å². The highest BCUT2D eigenvalue weighted by atomic mass is 19.2. The average Bonchev–Trinajstić information content (AvgIpc) is 2.76. The summed E-state index contributed by atoms with van der Waals surface area (Å²) in [5.74, 6) is -0.478. The molecule has 2 fully saturated rings. The Bertz CT molecular complexity index is 569. The quantitative estimate of drug-likeness (QED) is 0.449. The van der Waals surface area contributed by atoms with Crippen molar-refractivity contribution in [1.29, 1.82) is 0 Å². The molecule has 0 radical (unpaired) electrons. The Morgan fingerprint density at radius 2 is 1.72 bits per heavy atom. The minimum absolute atomic E-state index is 0.0953. The molecule has 1 saturated carbocycles. The summed E-state index contributed by atoms with van der Waals surface area (Å²) in [6, 6.07) is 0. The van der Waals surface area contributed by atoms with E-state index < -0.39 is 11.7 Å². The van der Waals surface area contributed by atoms with E-state index in [1.165, 1.54) is 20.0 Å². The molecule has 1 saturated heterocycles.